The monoisotopic (exact) mass is 393 g/mol. The number of aliphatic imine (C=N–C) groups is 1. The van der Waals surface area contributed by atoms with E-state index in [-0.39, 0.29) is 23.3 Å². The number of alkyl halides is 3. The van der Waals surface area contributed by atoms with Crippen molar-refractivity contribution >= 4 is 15.8 Å². The highest BCUT2D eigenvalue weighted by molar-refractivity contribution is 7.91. The summed E-state index contributed by atoms with van der Waals surface area (Å²) in [5.74, 6) is 0.898. The van der Waals surface area contributed by atoms with Crippen LogP contribution in [0, 0.1) is 0 Å². The number of halogens is 3. The van der Waals surface area contributed by atoms with Crippen LogP contribution in [0.25, 0.3) is 0 Å². The van der Waals surface area contributed by atoms with E-state index in [4.69, 9.17) is 0 Å². The summed E-state index contributed by atoms with van der Waals surface area (Å²) in [6.45, 7) is 1.49. The summed E-state index contributed by atoms with van der Waals surface area (Å²) >= 11 is 0. The average Bonchev–Trinajstić information content (AvgIpc) is 2.90. The second kappa shape index (κ2) is 8.61. The molecule has 2 N–H and O–H groups in total. The minimum absolute atomic E-state index is 0.0860. The third-order valence-corrected chi connectivity index (χ3v) is 5.43. The van der Waals surface area contributed by atoms with Crippen LogP contribution in [-0.4, -0.2) is 51.3 Å². The zero-order chi connectivity index (χ0) is 19.2. The van der Waals surface area contributed by atoms with Crippen molar-refractivity contribution in [1.29, 1.82) is 0 Å². The molecule has 0 amide bonds. The fourth-order valence-corrected chi connectivity index (χ4v) is 4.12. The predicted octanol–water partition coefficient (Wildman–Crippen LogP) is 1.87. The average molecular weight is 393 g/mol. The van der Waals surface area contributed by atoms with Gasteiger partial charge in [0.25, 0.3) is 0 Å². The van der Waals surface area contributed by atoms with Crippen LogP contribution in [0.4, 0.5) is 13.2 Å². The van der Waals surface area contributed by atoms with Gasteiger partial charge in [0.05, 0.1) is 18.1 Å². The second-order valence-electron chi connectivity index (χ2n) is 5.99. The lowest BCUT2D eigenvalue weighted by atomic mass is 10.2. The van der Waals surface area contributed by atoms with E-state index in [0.29, 0.717) is 25.5 Å². The van der Waals surface area contributed by atoms with Crippen LogP contribution < -0.4 is 15.4 Å². The Hall–Kier alpha value is -1.97. The zero-order valence-electron chi connectivity index (χ0n) is 14.3. The molecule has 10 heteroatoms. The molecular weight excluding hydrogens is 371 g/mol. The highest BCUT2D eigenvalue weighted by Crippen LogP contribution is 2.19. The van der Waals surface area contributed by atoms with Gasteiger partial charge in [-0.15, -0.1) is 0 Å². The summed E-state index contributed by atoms with van der Waals surface area (Å²) in [5, 5.41) is 6.15. The highest BCUT2D eigenvalue weighted by Gasteiger charge is 2.29. The number of guanidine groups is 1. The molecule has 0 aromatic heterocycles. The quantitative estimate of drug-likeness (QED) is 0.570. The molecule has 1 atom stereocenters. The van der Waals surface area contributed by atoms with Crippen molar-refractivity contribution in [3.8, 4) is 5.75 Å². The molecule has 1 aromatic rings. The third kappa shape index (κ3) is 7.11. The maximum absolute atomic E-state index is 12.1. The Balaban J connectivity index is 1.92. The molecule has 0 bridgehead atoms. The van der Waals surface area contributed by atoms with Crippen molar-refractivity contribution in [3.05, 3.63) is 29.8 Å². The molecule has 6 nitrogen and oxygen atoms in total. The van der Waals surface area contributed by atoms with Gasteiger partial charge >= 0.3 is 6.18 Å². The molecule has 1 unspecified atom stereocenters. The Morgan fingerprint density at radius 3 is 2.54 bits per heavy atom. The van der Waals surface area contributed by atoms with Crippen molar-refractivity contribution in [3.63, 3.8) is 0 Å². The van der Waals surface area contributed by atoms with Crippen LogP contribution >= 0.6 is 0 Å². The fraction of sp³-hybridized carbons (Fsp3) is 0.562. The SMILES string of the molecule is CCNC(=NCc1ccc(OCC(F)(F)F)cc1)NC1CCS(=O)(=O)C1. The van der Waals surface area contributed by atoms with Gasteiger partial charge in [0.2, 0.25) is 0 Å². The molecule has 0 aliphatic carbocycles. The predicted molar refractivity (Wildman–Crippen MR) is 93.0 cm³/mol. The van der Waals surface area contributed by atoms with Crippen molar-refractivity contribution < 1.29 is 26.3 Å². The molecule has 1 heterocycles. The Bertz CT molecular complexity index is 718. The van der Waals surface area contributed by atoms with E-state index in [0.717, 1.165) is 5.56 Å². The molecular formula is C16H22F3N3O3S. The first-order chi connectivity index (χ1) is 12.2. The van der Waals surface area contributed by atoms with Gasteiger partial charge in [0.15, 0.2) is 22.4 Å². The van der Waals surface area contributed by atoms with Crippen LogP contribution in [0.1, 0.15) is 18.9 Å². The van der Waals surface area contributed by atoms with Gasteiger partial charge in [-0.05, 0) is 31.0 Å². The number of hydrogen-bond acceptors (Lipinski definition) is 4. The molecule has 1 saturated heterocycles. The third-order valence-electron chi connectivity index (χ3n) is 3.66. The molecule has 0 saturated carbocycles. The van der Waals surface area contributed by atoms with E-state index in [1.165, 1.54) is 12.1 Å². The van der Waals surface area contributed by atoms with Gasteiger partial charge in [0.1, 0.15) is 5.75 Å². The maximum Gasteiger partial charge on any atom is 0.422 e. The van der Waals surface area contributed by atoms with E-state index in [1.54, 1.807) is 12.1 Å². The highest BCUT2D eigenvalue weighted by atomic mass is 32.2. The van der Waals surface area contributed by atoms with Gasteiger partial charge in [-0.25, -0.2) is 13.4 Å². The van der Waals surface area contributed by atoms with Gasteiger partial charge in [-0.3, -0.25) is 0 Å². The summed E-state index contributed by atoms with van der Waals surface area (Å²) in [6, 6.07) is 6.02. The minimum atomic E-state index is -4.37. The minimum Gasteiger partial charge on any atom is -0.484 e. The lowest BCUT2D eigenvalue weighted by molar-refractivity contribution is -0.153. The molecule has 1 fully saturated rings. The maximum atomic E-state index is 12.1. The van der Waals surface area contributed by atoms with Gasteiger partial charge in [-0.1, -0.05) is 12.1 Å². The smallest absolute Gasteiger partial charge is 0.422 e. The first kappa shape index (κ1) is 20.3. The number of ether oxygens (including phenoxy) is 1. The van der Waals surface area contributed by atoms with Crippen LogP contribution in [0.2, 0.25) is 0 Å². The molecule has 0 spiro atoms. The Kier molecular flexibility index (Phi) is 6.74. The topological polar surface area (TPSA) is 79.8 Å². The van der Waals surface area contributed by atoms with E-state index >= 15 is 0 Å². The van der Waals surface area contributed by atoms with Crippen molar-refractivity contribution in [2.45, 2.75) is 32.1 Å². The molecule has 2 rings (SSSR count). The molecule has 146 valence electrons. The molecule has 26 heavy (non-hydrogen) atoms. The largest absolute Gasteiger partial charge is 0.484 e. The summed E-state index contributed by atoms with van der Waals surface area (Å²) in [5.41, 5.74) is 0.792. The molecule has 0 radical (unpaired) electrons. The van der Waals surface area contributed by atoms with Crippen LogP contribution in [-0.2, 0) is 16.4 Å². The first-order valence-electron chi connectivity index (χ1n) is 8.20. The van der Waals surface area contributed by atoms with Crippen LogP contribution in [0.3, 0.4) is 0 Å². The van der Waals surface area contributed by atoms with Crippen molar-refractivity contribution in [1.82, 2.24) is 10.6 Å². The zero-order valence-corrected chi connectivity index (χ0v) is 15.2. The molecule has 1 aromatic carbocycles. The second-order valence-corrected chi connectivity index (χ2v) is 8.22. The fourth-order valence-electron chi connectivity index (χ4n) is 2.45. The van der Waals surface area contributed by atoms with Gasteiger partial charge in [-0.2, -0.15) is 13.2 Å². The Morgan fingerprint density at radius 2 is 2.00 bits per heavy atom. The number of sulfone groups is 1. The lowest BCUT2D eigenvalue weighted by Gasteiger charge is -2.15. The lowest BCUT2D eigenvalue weighted by Crippen LogP contribution is -2.44. The van der Waals surface area contributed by atoms with Crippen LogP contribution in [0.15, 0.2) is 29.3 Å². The Morgan fingerprint density at radius 1 is 1.31 bits per heavy atom. The van der Waals surface area contributed by atoms with Crippen LogP contribution in [0.5, 0.6) is 5.75 Å². The molecule has 1 aliphatic rings. The van der Waals surface area contributed by atoms with E-state index in [9.17, 15) is 21.6 Å². The summed E-state index contributed by atoms with van der Waals surface area (Å²) < 4.78 is 64.1. The standard InChI is InChI=1S/C16H22F3N3O3S/c1-2-20-15(22-13-7-8-26(23,24)10-13)21-9-12-3-5-14(6-4-12)25-11-16(17,18)19/h3-6,13H,2,7-11H2,1H3,(H2,20,21,22). The number of nitrogens with zero attached hydrogens (tertiary/aromatic N) is 1. The number of benzene rings is 1. The van der Waals surface area contributed by atoms with Gasteiger partial charge < -0.3 is 15.4 Å². The van der Waals surface area contributed by atoms with Crippen molar-refractivity contribution in [2.24, 2.45) is 4.99 Å². The number of rotatable bonds is 6. The number of hydrogen-bond donors (Lipinski definition) is 2. The summed E-state index contributed by atoms with van der Waals surface area (Å²) in [4.78, 5) is 4.39. The van der Waals surface area contributed by atoms with E-state index in [1.807, 2.05) is 6.92 Å². The summed E-state index contributed by atoms with van der Waals surface area (Å²) in [7, 11) is -2.98. The van der Waals surface area contributed by atoms with E-state index in [2.05, 4.69) is 20.4 Å². The van der Waals surface area contributed by atoms with E-state index < -0.39 is 22.6 Å². The van der Waals surface area contributed by atoms with Gasteiger partial charge in [0, 0.05) is 12.6 Å². The normalized spacial score (nSPS) is 20.0. The summed E-state index contributed by atoms with van der Waals surface area (Å²) in [6.07, 6.45) is -3.83. The van der Waals surface area contributed by atoms with Crippen molar-refractivity contribution in [2.75, 3.05) is 24.7 Å². The Labute approximate surface area is 150 Å². The molecule has 1 aliphatic heterocycles. The number of nitrogens with one attached hydrogen (secondary N) is 2. The first-order valence-corrected chi connectivity index (χ1v) is 10.0.